The fourth-order valence-electron chi connectivity index (χ4n) is 1.00. The van der Waals surface area contributed by atoms with Crippen LogP contribution in [0.25, 0.3) is 0 Å². The number of nitrogens with two attached hydrogens (primary N) is 1. The Morgan fingerprint density at radius 3 is 2.20 bits per heavy atom. The Morgan fingerprint density at radius 1 is 1.60 bits per heavy atom. The van der Waals surface area contributed by atoms with Crippen LogP contribution in [0.15, 0.2) is 0 Å². The van der Waals surface area contributed by atoms with Gasteiger partial charge in [-0.3, -0.25) is 0 Å². The summed E-state index contributed by atoms with van der Waals surface area (Å²) in [4.78, 5) is 0. The summed E-state index contributed by atoms with van der Waals surface area (Å²) in [6.07, 6.45) is -0.516. The van der Waals surface area contributed by atoms with Crippen molar-refractivity contribution in [1.29, 1.82) is 0 Å². The van der Waals surface area contributed by atoms with Gasteiger partial charge in [-0.25, -0.2) is 0 Å². The van der Waals surface area contributed by atoms with Gasteiger partial charge >= 0.3 is 0 Å². The molecule has 4 heteroatoms. The van der Waals surface area contributed by atoms with Crippen molar-refractivity contribution < 1.29 is 9.84 Å². The molecule has 3 nitrogen and oxygen atoms in total. The van der Waals surface area contributed by atoms with Crippen LogP contribution in [0.5, 0.6) is 0 Å². The van der Waals surface area contributed by atoms with Crippen LogP contribution in [-0.2, 0) is 4.74 Å². The molecule has 1 heterocycles. The van der Waals surface area contributed by atoms with Gasteiger partial charge in [0.15, 0.2) is 0 Å². The fraction of sp³-hybridized carbons (Fsp3) is 1.00. The van der Waals surface area contributed by atoms with Crippen molar-refractivity contribution in [3.8, 4) is 0 Å². The summed E-state index contributed by atoms with van der Waals surface area (Å²) in [6.45, 7) is 4.14. The van der Waals surface area contributed by atoms with E-state index in [-0.39, 0.29) is 18.4 Å². The Kier molecular flexibility index (Phi) is 3.10. The SMILES string of the molecule is CC1(C)OC[C@@H](N)[C@@H]1O.Cl. The number of ether oxygens (including phenoxy) is 1. The van der Waals surface area contributed by atoms with Crippen molar-refractivity contribution >= 4 is 12.4 Å². The largest absolute Gasteiger partial charge is 0.388 e. The Labute approximate surface area is 67.0 Å². The maximum absolute atomic E-state index is 9.28. The molecule has 3 N–H and O–H groups in total. The van der Waals surface area contributed by atoms with Crippen LogP contribution in [0, 0.1) is 0 Å². The number of aliphatic hydroxyl groups excluding tert-OH is 1. The highest BCUT2D eigenvalue weighted by Gasteiger charge is 2.39. The predicted molar refractivity (Wildman–Crippen MR) is 41.3 cm³/mol. The minimum atomic E-state index is -0.516. The van der Waals surface area contributed by atoms with Crippen LogP contribution in [0.1, 0.15) is 13.8 Å². The van der Waals surface area contributed by atoms with Crippen molar-refractivity contribution in [1.82, 2.24) is 0 Å². The molecule has 0 aliphatic carbocycles. The molecule has 62 valence electrons. The lowest BCUT2D eigenvalue weighted by molar-refractivity contribution is -0.0294. The monoisotopic (exact) mass is 167 g/mol. The third-order valence-electron chi connectivity index (χ3n) is 1.77. The highest BCUT2D eigenvalue weighted by atomic mass is 35.5. The molecule has 0 saturated carbocycles. The Morgan fingerprint density at radius 2 is 2.10 bits per heavy atom. The van der Waals surface area contributed by atoms with Crippen LogP contribution in [0.4, 0.5) is 0 Å². The van der Waals surface area contributed by atoms with Crippen LogP contribution in [-0.4, -0.2) is 29.5 Å². The predicted octanol–water partition coefficient (Wildman–Crippen LogP) is -0.0948. The summed E-state index contributed by atoms with van der Waals surface area (Å²) in [5.41, 5.74) is 5.03. The van der Waals surface area contributed by atoms with Crippen LogP contribution in [0.2, 0.25) is 0 Å². The van der Waals surface area contributed by atoms with Gasteiger partial charge in [0.25, 0.3) is 0 Å². The Hall–Kier alpha value is 0.170. The molecule has 1 fully saturated rings. The van der Waals surface area contributed by atoms with Crippen molar-refractivity contribution in [3.63, 3.8) is 0 Å². The first-order valence-corrected chi connectivity index (χ1v) is 3.11. The number of hydrogen-bond acceptors (Lipinski definition) is 3. The van der Waals surface area contributed by atoms with E-state index in [1.165, 1.54) is 0 Å². The quantitative estimate of drug-likeness (QED) is 0.530. The lowest BCUT2D eigenvalue weighted by Gasteiger charge is -2.21. The summed E-state index contributed by atoms with van der Waals surface area (Å²) in [5, 5.41) is 9.28. The Balaban J connectivity index is 0.000000810. The molecule has 1 saturated heterocycles. The van der Waals surface area contributed by atoms with Gasteiger partial charge in [0.05, 0.1) is 24.4 Å². The van der Waals surface area contributed by atoms with Gasteiger partial charge in [0.2, 0.25) is 0 Å². The molecule has 0 aromatic rings. The van der Waals surface area contributed by atoms with Gasteiger partial charge in [-0.1, -0.05) is 0 Å². The molecule has 0 aromatic carbocycles. The molecular formula is C6H14ClNO2. The molecule has 0 unspecified atom stereocenters. The van der Waals surface area contributed by atoms with E-state index in [4.69, 9.17) is 10.5 Å². The van der Waals surface area contributed by atoms with Gasteiger partial charge in [-0.2, -0.15) is 0 Å². The second-order valence-corrected chi connectivity index (χ2v) is 3.02. The van der Waals surface area contributed by atoms with Gasteiger partial charge < -0.3 is 15.6 Å². The molecule has 2 atom stereocenters. The van der Waals surface area contributed by atoms with Crippen LogP contribution >= 0.6 is 12.4 Å². The normalized spacial score (nSPS) is 37.2. The maximum Gasteiger partial charge on any atom is 0.0997 e. The second-order valence-electron chi connectivity index (χ2n) is 3.02. The van der Waals surface area contributed by atoms with E-state index in [1.54, 1.807) is 0 Å². The van der Waals surface area contributed by atoms with E-state index in [2.05, 4.69) is 0 Å². The third kappa shape index (κ3) is 1.61. The number of halogens is 1. The minimum Gasteiger partial charge on any atom is -0.388 e. The molecule has 0 spiro atoms. The molecule has 0 aromatic heterocycles. The number of hydrogen-bond donors (Lipinski definition) is 2. The van der Waals surface area contributed by atoms with Crippen molar-refractivity contribution in [2.75, 3.05) is 6.61 Å². The molecule has 0 radical (unpaired) electrons. The molecule has 1 aliphatic rings. The molecule has 0 bridgehead atoms. The molecule has 1 aliphatic heterocycles. The zero-order chi connectivity index (χ0) is 7.07. The topological polar surface area (TPSA) is 55.5 Å². The molecule has 10 heavy (non-hydrogen) atoms. The van der Waals surface area contributed by atoms with Gasteiger partial charge in [0.1, 0.15) is 0 Å². The van der Waals surface area contributed by atoms with E-state index in [0.717, 1.165) is 0 Å². The molecular weight excluding hydrogens is 154 g/mol. The van der Waals surface area contributed by atoms with E-state index >= 15 is 0 Å². The van der Waals surface area contributed by atoms with Crippen LogP contribution < -0.4 is 5.73 Å². The third-order valence-corrected chi connectivity index (χ3v) is 1.77. The average molecular weight is 168 g/mol. The van der Waals surface area contributed by atoms with E-state index in [0.29, 0.717) is 6.61 Å². The van der Waals surface area contributed by atoms with Crippen LogP contribution in [0.3, 0.4) is 0 Å². The Bertz CT molecular complexity index is 118. The maximum atomic E-state index is 9.28. The van der Waals surface area contributed by atoms with E-state index < -0.39 is 11.7 Å². The number of rotatable bonds is 0. The summed E-state index contributed by atoms with van der Waals surface area (Å²) < 4.78 is 5.19. The molecule has 1 rings (SSSR count). The van der Waals surface area contributed by atoms with Gasteiger partial charge in [0, 0.05) is 0 Å². The van der Waals surface area contributed by atoms with E-state index in [1.807, 2.05) is 13.8 Å². The minimum absolute atomic E-state index is 0. The first-order chi connectivity index (χ1) is 4.04. The summed E-state index contributed by atoms with van der Waals surface area (Å²) in [6, 6.07) is -0.208. The van der Waals surface area contributed by atoms with Gasteiger partial charge in [-0.05, 0) is 13.8 Å². The smallest absolute Gasteiger partial charge is 0.0997 e. The second kappa shape index (κ2) is 3.05. The highest BCUT2D eigenvalue weighted by Crippen LogP contribution is 2.23. The number of aliphatic hydroxyl groups is 1. The van der Waals surface area contributed by atoms with E-state index in [9.17, 15) is 5.11 Å². The first-order valence-electron chi connectivity index (χ1n) is 3.11. The van der Waals surface area contributed by atoms with Crippen molar-refractivity contribution in [3.05, 3.63) is 0 Å². The average Bonchev–Trinajstić information content (AvgIpc) is 1.97. The van der Waals surface area contributed by atoms with Crippen molar-refractivity contribution in [2.45, 2.75) is 31.6 Å². The lowest BCUT2D eigenvalue weighted by atomic mass is 10.00. The summed E-state index contributed by atoms with van der Waals surface area (Å²) in [5.74, 6) is 0. The zero-order valence-corrected chi connectivity index (χ0v) is 7.02. The summed E-state index contributed by atoms with van der Waals surface area (Å²) >= 11 is 0. The highest BCUT2D eigenvalue weighted by molar-refractivity contribution is 5.85. The molecule has 0 amide bonds. The van der Waals surface area contributed by atoms with Crippen molar-refractivity contribution in [2.24, 2.45) is 5.73 Å². The lowest BCUT2D eigenvalue weighted by Crippen LogP contribution is -2.41. The van der Waals surface area contributed by atoms with Gasteiger partial charge in [-0.15, -0.1) is 12.4 Å². The standard InChI is InChI=1S/C6H13NO2.ClH/c1-6(2)5(8)4(7)3-9-6;/h4-5,8H,3,7H2,1-2H3;1H/t4-,5+;/m1./s1. The summed E-state index contributed by atoms with van der Waals surface area (Å²) in [7, 11) is 0. The first kappa shape index (κ1) is 10.2. The zero-order valence-electron chi connectivity index (χ0n) is 6.20. The fourth-order valence-corrected chi connectivity index (χ4v) is 1.00.